The predicted molar refractivity (Wildman–Crippen MR) is 86.7 cm³/mol. The summed E-state index contributed by atoms with van der Waals surface area (Å²) in [4.78, 5) is 12.1. The average molecular weight is 314 g/mol. The smallest absolute Gasteiger partial charge is 0.319 e. The van der Waals surface area contributed by atoms with Crippen molar-refractivity contribution in [1.82, 2.24) is 5.32 Å². The molecule has 0 heterocycles. The highest BCUT2D eigenvalue weighted by Gasteiger charge is 2.19. The molecule has 2 aromatic carbocycles. The van der Waals surface area contributed by atoms with E-state index in [0.29, 0.717) is 13.0 Å². The summed E-state index contributed by atoms with van der Waals surface area (Å²) in [5.74, 6) is -0.298. The van der Waals surface area contributed by atoms with Crippen LogP contribution in [0.3, 0.4) is 0 Å². The maximum absolute atomic E-state index is 12.8. The number of aliphatic hydroxyl groups is 1. The lowest BCUT2D eigenvalue weighted by atomic mass is 9.88. The lowest BCUT2D eigenvalue weighted by Gasteiger charge is -2.23. The van der Waals surface area contributed by atoms with Crippen LogP contribution in [0.5, 0.6) is 0 Å². The van der Waals surface area contributed by atoms with Crippen LogP contribution in [0.4, 0.5) is 14.9 Å². The molecule has 0 aromatic heterocycles. The summed E-state index contributed by atoms with van der Waals surface area (Å²) in [5, 5.41) is 15.4. The van der Waals surface area contributed by atoms with Gasteiger partial charge in [-0.3, -0.25) is 0 Å². The number of amides is 2. The summed E-state index contributed by atoms with van der Waals surface area (Å²) in [5.41, 5.74) is 3.74. The van der Waals surface area contributed by atoms with Gasteiger partial charge in [0.15, 0.2) is 0 Å². The molecular formula is C18H19FN2O2. The zero-order valence-electron chi connectivity index (χ0n) is 12.7. The lowest BCUT2D eigenvalue weighted by molar-refractivity contribution is 0.159. The molecule has 2 amide bonds. The standard InChI is InChI=1S/C18H19FN2O2/c19-14-7-4-12(5-8-14)11-20-18(23)21-17-3-1-2-13-6-9-15(22)10-16(13)17/h1-5,7-8,15,22H,6,9-11H2,(H2,20,21,23)/t15-/m0/s1. The molecule has 0 unspecified atom stereocenters. The zero-order chi connectivity index (χ0) is 16.2. The molecule has 120 valence electrons. The van der Waals surface area contributed by atoms with Gasteiger partial charge in [0.25, 0.3) is 0 Å². The predicted octanol–water partition coefficient (Wildman–Crippen LogP) is 3.00. The summed E-state index contributed by atoms with van der Waals surface area (Å²) in [7, 11) is 0. The van der Waals surface area contributed by atoms with Crippen molar-refractivity contribution in [2.75, 3.05) is 5.32 Å². The molecule has 0 spiro atoms. The van der Waals surface area contributed by atoms with Crippen molar-refractivity contribution >= 4 is 11.7 Å². The SMILES string of the molecule is O=C(NCc1ccc(F)cc1)Nc1cccc2c1C[C@@H](O)CC2. The molecule has 0 fully saturated rings. The normalized spacial score (nSPS) is 16.5. The summed E-state index contributed by atoms with van der Waals surface area (Å²) < 4.78 is 12.8. The molecule has 3 N–H and O–H groups in total. The monoisotopic (exact) mass is 314 g/mol. The second-order valence-corrected chi connectivity index (χ2v) is 5.77. The molecule has 3 rings (SSSR count). The van der Waals surface area contributed by atoms with Crippen LogP contribution in [0.1, 0.15) is 23.1 Å². The van der Waals surface area contributed by atoms with Crippen LogP contribution in [0, 0.1) is 5.82 Å². The van der Waals surface area contributed by atoms with E-state index in [4.69, 9.17) is 0 Å². The van der Waals surface area contributed by atoms with Gasteiger partial charge < -0.3 is 15.7 Å². The number of fused-ring (bicyclic) bond motifs is 1. The van der Waals surface area contributed by atoms with Crippen molar-refractivity contribution < 1.29 is 14.3 Å². The fourth-order valence-electron chi connectivity index (χ4n) is 2.84. The minimum Gasteiger partial charge on any atom is -0.393 e. The molecule has 0 saturated carbocycles. The third-order valence-electron chi connectivity index (χ3n) is 4.07. The molecule has 2 aromatic rings. The van der Waals surface area contributed by atoms with E-state index >= 15 is 0 Å². The topological polar surface area (TPSA) is 61.4 Å². The molecule has 1 aliphatic carbocycles. The third kappa shape index (κ3) is 3.87. The number of urea groups is 1. The number of carbonyl (C=O) groups is 1. The molecule has 0 bridgehead atoms. The van der Waals surface area contributed by atoms with Crippen LogP contribution >= 0.6 is 0 Å². The van der Waals surface area contributed by atoms with E-state index in [-0.39, 0.29) is 18.0 Å². The first-order valence-electron chi connectivity index (χ1n) is 7.70. The minimum absolute atomic E-state index is 0.298. The number of aliphatic hydroxyl groups excluding tert-OH is 1. The van der Waals surface area contributed by atoms with E-state index in [2.05, 4.69) is 10.6 Å². The number of nitrogens with one attached hydrogen (secondary N) is 2. The Morgan fingerprint density at radius 2 is 2.00 bits per heavy atom. The molecule has 0 radical (unpaired) electrons. The van der Waals surface area contributed by atoms with Crippen LogP contribution in [-0.2, 0) is 19.4 Å². The molecule has 0 saturated heterocycles. The van der Waals surface area contributed by atoms with Gasteiger partial charge in [0.2, 0.25) is 0 Å². The van der Waals surface area contributed by atoms with Crippen LogP contribution in [0.25, 0.3) is 0 Å². The summed E-state index contributed by atoms with van der Waals surface area (Å²) >= 11 is 0. The highest BCUT2D eigenvalue weighted by molar-refractivity contribution is 5.90. The molecule has 1 atom stereocenters. The quantitative estimate of drug-likeness (QED) is 0.815. The Hall–Kier alpha value is -2.40. The first-order valence-corrected chi connectivity index (χ1v) is 7.70. The number of hydrogen-bond acceptors (Lipinski definition) is 2. The maximum Gasteiger partial charge on any atom is 0.319 e. The minimum atomic E-state index is -0.354. The second-order valence-electron chi connectivity index (χ2n) is 5.77. The van der Waals surface area contributed by atoms with Gasteiger partial charge in [0.1, 0.15) is 5.82 Å². The largest absolute Gasteiger partial charge is 0.393 e. The molecule has 5 heteroatoms. The Morgan fingerprint density at radius 3 is 2.78 bits per heavy atom. The van der Waals surface area contributed by atoms with E-state index in [9.17, 15) is 14.3 Å². The van der Waals surface area contributed by atoms with Crippen molar-refractivity contribution in [3.63, 3.8) is 0 Å². The Kier molecular flexibility index (Phi) is 4.57. The summed E-state index contributed by atoms with van der Waals surface area (Å²) in [6, 6.07) is 11.5. The summed E-state index contributed by atoms with van der Waals surface area (Å²) in [6.45, 7) is 0.323. The van der Waals surface area contributed by atoms with Crippen molar-refractivity contribution in [2.45, 2.75) is 31.9 Å². The molecule has 23 heavy (non-hydrogen) atoms. The third-order valence-corrected chi connectivity index (χ3v) is 4.07. The Bertz CT molecular complexity index is 701. The van der Waals surface area contributed by atoms with E-state index in [1.807, 2.05) is 18.2 Å². The molecule has 4 nitrogen and oxygen atoms in total. The number of benzene rings is 2. The first kappa shape index (κ1) is 15.5. The van der Waals surface area contributed by atoms with Crippen molar-refractivity contribution in [3.8, 4) is 0 Å². The van der Waals surface area contributed by atoms with Crippen molar-refractivity contribution in [1.29, 1.82) is 0 Å². The number of aryl methyl sites for hydroxylation is 1. The number of carbonyl (C=O) groups excluding carboxylic acids is 1. The average Bonchev–Trinajstić information content (AvgIpc) is 2.55. The van der Waals surface area contributed by atoms with Gasteiger partial charge >= 0.3 is 6.03 Å². The van der Waals surface area contributed by atoms with Crippen molar-refractivity contribution in [2.24, 2.45) is 0 Å². The van der Waals surface area contributed by atoms with Crippen LogP contribution < -0.4 is 10.6 Å². The number of rotatable bonds is 3. The molecule has 1 aliphatic rings. The van der Waals surface area contributed by atoms with Gasteiger partial charge in [-0.2, -0.15) is 0 Å². The summed E-state index contributed by atoms with van der Waals surface area (Å²) in [6.07, 6.45) is 1.79. The number of halogens is 1. The fourth-order valence-corrected chi connectivity index (χ4v) is 2.84. The van der Waals surface area contributed by atoms with Crippen molar-refractivity contribution in [3.05, 3.63) is 65.0 Å². The van der Waals surface area contributed by atoms with E-state index < -0.39 is 0 Å². The molecule has 0 aliphatic heterocycles. The van der Waals surface area contributed by atoms with Crippen LogP contribution in [0.15, 0.2) is 42.5 Å². The van der Waals surface area contributed by atoms with E-state index in [0.717, 1.165) is 29.7 Å². The lowest BCUT2D eigenvalue weighted by Crippen LogP contribution is -2.29. The second kappa shape index (κ2) is 6.79. The van der Waals surface area contributed by atoms with Gasteiger partial charge in [-0.25, -0.2) is 9.18 Å². The van der Waals surface area contributed by atoms with Crippen LogP contribution in [-0.4, -0.2) is 17.2 Å². The van der Waals surface area contributed by atoms with Gasteiger partial charge in [-0.15, -0.1) is 0 Å². The Balaban J connectivity index is 1.63. The van der Waals surface area contributed by atoms with Crippen LogP contribution in [0.2, 0.25) is 0 Å². The van der Waals surface area contributed by atoms with Gasteiger partial charge in [0.05, 0.1) is 6.10 Å². The maximum atomic E-state index is 12.8. The first-order chi connectivity index (χ1) is 11.1. The van der Waals surface area contributed by atoms with Gasteiger partial charge in [0, 0.05) is 18.7 Å². The van der Waals surface area contributed by atoms with Gasteiger partial charge in [-0.1, -0.05) is 24.3 Å². The zero-order valence-corrected chi connectivity index (χ0v) is 12.7. The fraction of sp³-hybridized carbons (Fsp3) is 0.278. The van der Waals surface area contributed by atoms with Gasteiger partial charge in [-0.05, 0) is 47.7 Å². The number of anilines is 1. The Labute approximate surface area is 134 Å². The molecular weight excluding hydrogens is 295 g/mol. The van der Waals surface area contributed by atoms with E-state index in [1.54, 1.807) is 12.1 Å². The highest BCUT2D eigenvalue weighted by Crippen LogP contribution is 2.28. The van der Waals surface area contributed by atoms with E-state index in [1.165, 1.54) is 17.7 Å². The Morgan fingerprint density at radius 1 is 1.22 bits per heavy atom. The highest BCUT2D eigenvalue weighted by atomic mass is 19.1. The number of hydrogen-bond donors (Lipinski definition) is 3.